The molecule has 2 amide bonds. The average Bonchev–Trinajstić information content (AvgIpc) is 3.50. The zero-order chi connectivity index (χ0) is 22.9. The predicted octanol–water partition coefficient (Wildman–Crippen LogP) is 4.99. The second kappa shape index (κ2) is 8.81. The summed E-state index contributed by atoms with van der Waals surface area (Å²) in [5, 5.41) is 2.80. The minimum Gasteiger partial charge on any atom is -0.352 e. The Balaban J connectivity index is 1.30. The quantitative estimate of drug-likeness (QED) is 0.638. The van der Waals surface area contributed by atoms with E-state index in [0.717, 1.165) is 36.3 Å². The van der Waals surface area contributed by atoms with Gasteiger partial charge in [0, 0.05) is 30.4 Å². The predicted molar refractivity (Wildman–Crippen MR) is 117 cm³/mol. The van der Waals surface area contributed by atoms with Gasteiger partial charge in [-0.25, -0.2) is 0 Å². The Hall–Kier alpha value is -2.48. The fourth-order valence-corrected chi connectivity index (χ4v) is 5.18. The first kappa shape index (κ1) is 22.7. The number of hydrogen-bond acceptors (Lipinski definition) is 3. The molecule has 2 fully saturated rings. The van der Waals surface area contributed by atoms with Gasteiger partial charge in [-0.3, -0.25) is 9.59 Å². The molecule has 0 aromatic heterocycles. The molecule has 1 heterocycles. The van der Waals surface area contributed by atoms with Crippen molar-refractivity contribution in [2.24, 2.45) is 11.3 Å². The number of thioether (sulfide) groups is 1. The molecule has 4 nitrogen and oxygen atoms in total. The van der Waals surface area contributed by atoms with E-state index in [9.17, 15) is 22.8 Å². The summed E-state index contributed by atoms with van der Waals surface area (Å²) in [5.41, 5.74) is 0.332. The van der Waals surface area contributed by atoms with E-state index in [4.69, 9.17) is 0 Å². The smallest absolute Gasteiger partial charge is 0.352 e. The van der Waals surface area contributed by atoms with Crippen molar-refractivity contribution >= 4 is 23.6 Å². The molecule has 0 radical (unpaired) electrons. The third-order valence-corrected chi connectivity index (χ3v) is 7.41. The van der Waals surface area contributed by atoms with Crippen LogP contribution in [0.25, 0.3) is 0 Å². The number of amides is 2. The summed E-state index contributed by atoms with van der Waals surface area (Å²) < 4.78 is 38.6. The number of benzene rings is 2. The van der Waals surface area contributed by atoms with Crippen molar-refractivity contribution in [2.75, 3.05) is 19.3 Å². The van der Waals surface area contributed by atoms with Crippen LogP contribution in [-0.2, 0) is 17.5 Å². The van der Waals surface area contributed by atoms with E-state index in [1.165, 1.54) is 6.07 Å². The number of nitrogens with zero attached hydrogens (tertiary/aromatic N) is 1. The van der Waals surface area contributed by atoms with Crippen LogP contribution in [0.2, 0.25) is 0 Å². The number of halogens is 3. The van der Waals surface area contributed by atoms with Crippen LogP contribution in [0, 0.1) is 11.3 Å². The number of carbonyl (C=O) groups is 2. The van der Waals surface area contributed by atoms with Gasteiger partial charge in [-0.2, -0.15) is 13.2 Å². The fourth-order valence-electron chi connectivity index (χ4n) is 4.59. The Morgan fingerprint density at radius 3 is 2.53 bits per heavy atom. The second-order valence-electron chi connectivity index (χ2n) is 8.53. The molecule has 1 aliphatic carbocycles. The van der Waals surface area contributed by atoms with E-state index in [-0.39, 0.29) is 29.7 Å². The Morgan fingerprint density at radius 1 is 1.12 bits per heavy atom. The van der Waals surface area contributed by atoms with Crippen LogP contribution in [0.15, 0.2) is 53.4 Å². The van der Waals surface area contributed by atoms with Crippen molar-refractivity contribution in [3.8, 4) is 0 Å². The number of likely N-dealkylation sites (tertiary alicyclic amines) is 1. The Kier molecular flexibility index (Phi) is 6.25. The maximum atomic E-state index is 12.9. The average molecular weight is 463 g/mol. The minimum absolute atomic E-state index is 0.0241. The third kappa shape index (κ3) is 4.65. The molecule has 1 saturated carbocycles. The number of rotatable bonds is 5. The van der Waals surface area contributed by atoms with Gasteiger partial charge in [0.05, 0.1) is 11.1 Å². The molecule has 0 bridgehead atoms. The highest BCUT2D eigenvalue weighted by molar-refractivity contribution is 7.98. The molecule has 2 aromatic rings. The van der Waals surface area contributed by atoms with Crippen molar-refractivity contribution in [1.29, 1.82) is 0 Å². The molecule has 1 spiro atoms. The maximum absolute atomic E-state index is 12.9. The first-order valence-corrected chi connectivity index (χ1v) is 11.8. The molecule has 170 valence electrons. The number of carbonyl (C=O) groups excluding carboxylic acids is 2. The lowest BCUT2D eigenvalue weighted by Crippen LogP contribution is -2.40. The Morgan fingerprint density at radius 2 is 1.84 bits per heavy atom. The van der Waals surface area contributed by atoms with Gasteiger partial charge >= 0.3 is 6.18 Å². The van der Waals surface area contributed by atoms with Gasteiger partial charge < -0.3 is 10.2 Å². The lowest BCUT2D eigenvalue weighted by molar-refractivity contribution is -0.137. The number of hydrogen-bond donors (Lipinski definition) is 1. The van der Waals surface area contributed by atoms with Gasteiger partial charge in [0.1, 0.15) is 0 Å². The summed E-state index contributed by atoms with van der Waals surface area (Å²) in [6.07, 6.45) is -0.152. The van der Waals surface area contributed by atoms with Crippen LogP contribution in [0.5, 0.6) is 0 Å². The first-order chi connectivity index (χ1) is 15.2. The lowest BCUT2D eigenvalue weighted by Gasteiger charge is -2.33. The van der Waals surface area contributed by atoms with Gasteiger partial charge in [0.25, 0.3) is 5.91 Å². The standard InChI is InChI=1S/C24H25F3N2O2S/c1-32-20-8-3-2-7-18(20)22(31)29-11-9-23(10-12-29)14-19(23)21(30)28-15-16-5-4-6-17(13-16)24(25,26)27/h2-8,13,19H,9-12,14-15H2,1H3,(H,28,30)/t19-/m0/s1. The summed E-state index contributed by atoms with van der Waals surface area (Å²) in [7, 11) is 0. The highest BCUT2D eigenvalue weighted by Gasteiger charge is 2.58. The number of nitrogens with one attached hydrogen (secondary N) is 1. The van der Waals surface area contributed by atoms with Crippen LogP contribution < -0.4 is 5.32 Å². The highest BCUT2D eigenvalue weighted by Crippen LogP contribution is 2.59. The summed E-state index contributed by atoms with van der Waals surface area (Å²) in [4.78, 5) is 28.4. The van der Waals surface area contributed by atoms with Gasteiger partial charge in [0.15, 0.2) is 0 Å². The molecule has 1 saturated heterocycles. The Labute approximate surface area is 189 Å². The Bertz CT molecular complexity index is 1020. The molecular formula is C24H25F3N2O2S. The third-order valence-electron chi connectivity index (χ3n) is 6.61. The van der Waals surface area contributed by atoms with Crippen LogP contribution >= 0.6 is 11.8 Å². The zero-order valence-corrected chi connectivity index (χ0v) is 18.6. The molecule has 0 unspecified atom stereocenters. The van der Waals surface area contributed by atoms with Crippen LogP contribution in [0.3, 0.4) is 0 Å². The van der Waals surface area contributed by atoms with Crippen molar-refractivity contribution in [1.82, 2.24) is 10.2 Å². The largest absolute Gasteiger partial charge is 0.416 e. The van der Waals surface area contributed by atoms with E-state index >= 15 is 0 Å². The normalized spacial score (nSPS) is 19.6. The summed E-state index contributed by atoms with van der Waals surface area (Å²) in [5.74, 6) is -0.227. The maximum Gasteiger partial charge on any atom is 0.416 e. The monoisotopic (exact) mass is 462 g/mol. The van der Waals surface area contributed by atoms with Crippen LogP contribution in [0.1, 0.15) is 40.7 Å². The molecule has 32 heavy (non-hydrogen) atoms. The summed E-state index contributed by atoms with van der Waals surface area (Å²) in [6, 6.07) is 12.6. The van der Waals surface area contributed by atoms with Gasteiger partial charge in [-0.15, -0.1) is 11.8 Å². The van der Waals surface area contributed by atoms with Gasteiger partial charge in [-0.1, -0.05) is 24.3 Å². The molecule has 8 heteroatoms. The molecule has 1 aliphatic heterocycles. The summed E-state index contributed by atoms with van der Waals surface area (Å²) in [6.45, 7) is 1.29. The van der Waals surface area contributed by atoms with Crippen molar-refractivity contribution in [3.05, 3.63) is 65.2 Å². The highest BCUT2D eigenvalue weighted by atomic mass is 32.2. The molecule has 1 N–H and O–H groups in total. The van der Waals surface area contributed by atoms with Crippen molar-refractivity contribution in [3.63, 3.8) is 0 Å². The van der Waals surface area contributed by atoms with E-state index in [1.807, 2.05) is 35.4 Å². The van der Waals surface area contributed by atoms with E-state index in [1.54, 1.807) is 17.8 Å². The fraction of sp³-hybridized carbons (Fsp3) is 0.417. The van der Waals surface area contributed by atoms with Gasteiger partial charge in [-0.05, 0) is 60.8 Å². The summed E-state index contributed by atoms with van der Waals surface area (Å²) >= 11 is 1.55. The van der Waals surface area contributed by atoms with Crippen LogP contribution in [-0.4, -0.2) is 36.1 Å². The molecule has 4 rings (SSSR count). The van der Waals surface area contributed by atoms with Crippen molar-refractivity contribution < 1.29 is 22.8 Å². The lowest BCUT2D eigenvalue weighted by atomic mass is 9.90. The molecule has 2 aromatic carbocycles. The van der Waals surface area contributed by atoms with Crippen LogP contribution in [0.4, 0.5) is 13.2 Å². The van der Waals surface area contributed by atoms with E-state index in [0.29, 0.717) is 24.2 Å². The van der Waals surface area contributed by atoms with E-state index in [2.05, 4.69) is 5.32 Å². The van der Waals surface area contributed by atoms with Crippen molar-refractivity contribution in [2.45, 2.75) is 36.9 Å². The van der Waals surface area contributed by atoms with E-state index < -0.39 is 11.7 Å². The molecule has 2 aliphatic rings. The second-order valence-corrected chi connectivity index (χ2v) is 9.38. The number of alkyl halides is 3. The molecular weight excluding hydrogens is 437 g/mol. The van der Waals surface area contributed by atoms with Gasteiger partial charge in [0.2, 0.25) is 5.91 Å². The number of piperidine rings is 1. The zero-order valence-electron chi connectivity index (χ0n) is 17.7. The minimum atomic E-state index is -4.40. The molecule has 1 atom stereocenters. The SMILES string of the molecule is CSc1ccccc1C(=O)N1CCC2(CC1)C[C@H]2C(=O)NCc1cccc(C(F)(F)F)c1. The topological polar surface area (TPSA) is 49.4 Å². The first-order valence-electron chi connectivity index (χ1n) is 10.6.